The third-order valence-electron chi connectivity index (χ3n) is 3.12. The maximum atomic E-state index is 9.15. The number of hydrogen-bond acceptors (Lipinski definition) is 5. The normalized spacial score (nSPS) is 26.4. The van der Waals surface area contributed by atoms with E-state index < -0.39 is 7.12 Å². The quantitative estimate of drug-likeness (QED) is 0.655. The second-order valence-electron chi connectivity index (χ2n) is 4.21. The van der Waals surface area contributed by atoms with Crippen LogP contribution in [0.2, 0.25) is 0 Å². The smallest absolute Gasteiger partial charge is 0.486 e. The predicted molar refractivity (Wildman–Crippen MR) is 62.2 cm³/mol. The number of hydrogen-bond donors (Lipinski definition) is 2. The zero-order valence-electron chi connectivity index (χ0n) is 9.33. The monoisotopic (exact) mass is 235 g/mol. The van der Waals surface area contributed by atoms with E-state index in [-0.39, 0.29) is 18.8 Å². The van der Waals surface area contributed by atoms with Gasteiger partial charge in [0.15, 0.2) is 0 Å². The molecule has 0 amide bonds. The number of rotatable bonds is 2. The van der Waals surface area contributed by atoms with Crippen molar-refractivity contribution in [3.05, 3.63) is 23.8 Å². The van der Waals surface area contributed by atoms with Crippen LogP contribution in [0.1, 0.15) is 11.7 Å². The second kappa shape index (κ2) is 4.31. The minimum absolute atomic E-state index is 0.0727. The van der Waals surface area contributed by atoms with E-state index >= 15 is 0 Å². The molecule has 6 heteroatoms. The number of nitrogens with two attached hydrogens (primary N) is 1. The molecular weight excluding hydrogens is 221 g/mol. The van der Waals surface area contributed by atoms with Gasteiger partial charge in [-0.3, -0.25) is 0 Å². The van der Waals surface area contributed by atoms with Crippen LogP contribution in [0.5, 0.6) is 5.75 Å². The van der Waals surface area contributed by atoms with Gasteiger partial charge in [-0.15, -0.1) is 0 Å². The molecule has 3 rings (SSSR count). The van der Waals surface area contributed by atoms with Gasteiger partial charge < -0.3 is 24.9 Å². The van der Waals surface area contributed by atoms with Crippen LogP contribution in [-0.2, 0) is 9.31 Å². The Morgan fingerprint density at radius 2 is 2.35 bits per heavy atom. The van der Waals surface area contributed by atoms with Crippen molar-refractivity contribution in [2.45, 2.75) is 12.2 Å². The van der Waals surface area contributed by atoms with Gasteiger partial charge in [0, 0.05) is 12.0 Å². The molecule has 0 saturated heterocycles. The van der Waals surface area contributed by atoms with E-state index in [4.69, 9.17) is 24.9 Å². The molecule has 0 aliphatic carbocycles. The van der Waals surface area contributed by atoms with Gasteiger partial charge in [-0.25, -0.2) is 0 Å². The highest BCUT2D eigenvalue weighted by atomic mass is 16.6. The van der Waals surface area contributed by atoms with Gasteiger partial charge >= 0.3 is 7.12 Å². The molecule has 2 aliphatic heterocycles. The van der Waals surface area contributed by atoms with Crippen LogP contribution >= 0.6 is 0 Å². The fourth-order valence-corrected chi connectivity index (χ4v) is 2.29. The molecule has 1 aromatic rings. The molecular formula is C11H14BNO4. The first-order valence-corrected chi connectivity index (χ1v) is 5.71. The van der Waals surface area contributed by atoms with Crippen LogP contribution in [0.15, 0.2) is 18.2 Å². The Labute approximate surface area is 99.6 Å². The van der Waals surface area contributed by atoms with Gasteiger partial charge in [-0.05, 0) is 11.6 Å². The Morgan fingerprint density at radius 1 is 1.47 bits per heavy atom. The Morgan fingerprint density at radius 3 is 3.12 bits per heavy atom. The molecule has 17 heavy (non-hydrogen) atoms. The van der Waals surface area contributed by atoms with Crippen molar-refractivity contribution < 1.29 is 19.2 Å². The largest absolute Gasteiger partial charge is 0.498 e. The van der Waals surface area contributed by atoms with Crippen LogP contribution in [0, 0.1) is 0 Å². The zero-order chi connectivity index (χ0) is 11.8. The summed E-state index contributed by atoms with van der Waals surface area (Å²) in [5, 5.41) is 9.15. The van der Waals surface area contributed by atoms with E-state index in [9.17, 15) is 0 Å². The average Bonchev–Trinajstić information content (AvgIpc) is 2.62. The summed E-state index contributed by atoms with van der Waals surface area (Å²) in [5.74, 6) is 0.722. The third kappa shape index (κ3) is 1.73. The second-order valence-corrected chi connectivity index (χ2v) is 4.21. The SMILES string of the molecule is NCC1OB2OCC(CO)Oc3cccc1c32. The maximum Gasteiger partial charge on any atom is 0.498 e. The number of aliphatic hydroxyl groups excluding tert-OH is 1. The lowest BCUT2D eigenvalue weighted by molar-refractivity contribution is 0.0630. The van der Waals surface area contributed by atoms with Crippen LogP contribution in [0.4, 0.5) is 0 Å². The minimum atomic E-state index is -0.425. The highest BCUT2D eigenvalue weighted by Crippen LogP contribution is 2.30. The predicted octanol–water partition coefficient (Wildman–Crippen LogP) is -0.818. The van der Waals surface area contributed by atoms with E-state index in [1.54, 1.807) is 0 Å². The lowest BCUT2D eigenvalue weighted by Gasteiger charge is -2.16. The molecule has 2 unspecified atom stereocenters. The molecule has 2 atom stereocenters. The summed E-state index contributed by atoms with van der Waals surface area (Å²) in [6, 6.07) is 5.75. The summed E-state index contributed by atoms with van der Waals surface area (Å²) in [6.45, 7) is 0.656. The third-order valence-corrected chi connectivity index (χ3v) is 3.12. The lowest BCUT2D eigenvalue weighted by atomic mass is 9.78. The van der Waals surface area contributed by atoms with Crippen molar-refractivity contribution in [1.82, 2.24) is 0 Å². The maximum absolute atomic E-state index is 9.15. The first kappa shape index (κ1) is 11.0. The standard InChI is InChI=1S/C11H14BNO4/c13-4-10-8-2-1-3-9-11(8)12(17-10)15-6-7(5-14)16-9/h1-3,7,10,14H,4-6,13H2. The summed E-state index contributed by atoms with van der Waals surface area (Å²) in [7, 11) is -0.425. The van der Waals surface area contributed by atoms with Gasteiger partial charge in [-0.1, -0.05) is 12.1 Å². The van der Waals surface area contributed by atoms with Crippen LogP contribution in [-0.4, -0.2) is 38.1 Å². The molecule has 90 valence electrons. The van der Waals surface area contributed by atoms with Crippen LogP contribution < -0.4 is 15.9 Å². The first-order valence-electron chi connectivity index (χ1n) is 5.71. The van der Waals surface area contributed by atoms with Crippen molar-refractivity contribution in [3.63, 3.8) is 0 Å². The van der Waals surface area contributed by atoms with Gasteiger partial charge in [0.05, 0.1) is 19.3 Å². The molecule has 2 heterocycles. The van der Waals surface area contributed by atoms with Gasteiger partial charge in [0.2, 0.25) is 0 Å². The first-order chi connectivity index (χ1) is 8.33. The van der Waals surface area contributed by atoms with Gasteiger partial charge in [0.25, 0.3) is 0 Å². The van der Waals surface area contributed by atoms with E-state index in [1.165, 1.54) is 0 Å². The minimum Gasteiger partial charge on any atom is -0.486 e. The molecule has 1 aromatic carbocycles. The van der Waals surface area contributed by atoms with E-state index in [2.05, 4.69) is 0 Å². The van der Waals surface area contributed by atoms with Crippen molar-refractivity contribution >= 4 is 12.6 Å². The lowest BCUT2D eigenvalue weighted by Crippen LogP contribution is -2.32. The highest BCUT2D eigenvalue weighted by Gasteiger charge is 2.42. The highest BCUT2D eigenvalue weighted by molar-refractivity contribution is 6.64. The molecule has 0 bridgehead atoms. The Hall–Kier alpha value is -1.08. The molecule has 0 saturated carbocycles. The molecule has 3 N–H and O–H groups in total. The zero-order valence-corrected chi connectivity index (χ0v) is 9.33. The summed E-state index contributed by atoms with van der Waals surface area (Å²) >= 11 is 0. The van der Waals surface area contributed by atoms with E-state index in [0.717, 1.165) is 16.8 Å². The van der Waals surface area contributed by atoms with Crippen LogP contribution in [0.25, 0.3) is 0 Å². The molecule has 0 aromatic heterocycles. The Balaban J connectivity index is 2.03. The topological polar surface area (TPSA) is 73.9 Å². The molecule has 0 spiro atoms. The fraction of sp³-hybridized carbons (Fsp3) is 0.455. The molecule has 0 fully saturated rings. The number of aliphatic hydroxyl groups is 1. The molecule has 0 radical (unpaired) electrons. The molecule has 2 aliphatic rings. The van der Waals surface area contributed by atoms with E-state index in [1.807, 2.05) is 18.2 Å². The number of ether oxygens (including phenoxy) is 1. The van der Waals surface area contributed by atoms with Gasteiger partial charge in [-0.2, -0.15) is 0 Å². The fourth-order valence-electron chi connectivity index (χ4n) is 2.29. The summed E-state index contributed by atoms with van der Waals surface area (Å²) in [4.78, 5) is 0. The van der Waals surface area contributed by atoms with Crippen molar-refractivity contribution in [1.29, 1.82) is 0 Å². The Kier molecular flexibility index (Phi) is 2.80. The summed E-state index contributed by atoms with van der Waals surface area (Å²) < 4.78 is 17.0. The van der Waals surface area contributed by atoms with E-state index in [0.29, 0.717) is 13.2 Å². The van der Waals surface area contributed by atoms with Crippen molar-refractivity contribution in [2.24, 2.45) is 5.73 Å². The van der Waals surface area contributed by atoms with Crippen LogP contribution in [0.3, 0.4) is 0 Å². The number of benzene rings is 1. The van der Waals surface area contributed by atoms with Crippen molar-refractivity contribution in [3.8, 4) is 5.75 Å². The summed E-state index contributed by atoms with van der Waals surface area (Å²) in [6.07, 6.45) is -0.476. The average molecular weight is 235 g/mol. The molecule has 5 nitrogen and oxygen atoms in total. The van der Waals surface area contributed by atoms with Crippen molar-refractivity contribution in [2.75, 3.05) is 19.8 Å². The summed E-state index contributed by atoms with van der Waals surface area (Å²) in [5.41, 5.74) is 7.60. The Bertz CT molecular complexity index is 428. The van der Waals surface area contributed by atoms with Gasteiger partial charge in [0.1, 0.15) is 11.9 Å².